The number of furan rings is 1. The van der Waals surface area contributed by atoms with Crippen LogP contribution in [0, 0.1) is 0 Å². The molecule has 2 aromatic heterocycles. The molecule has 0 N–H and O–H groups in total. The summed E-state index contributed by atoms with van der Waals surface area (Å²) in [6.07, 6.45) is 0. The third kappa shape index (κ3) is 4.26. The van der Waals surface area contributed by atoms with E-state index < -0.39 is 0 Å². The van der Waals surface area contributed by atoms with Gasteiger partial charge < -0.3 is 13.7 Å². The monoisotopic (exact) mass is 693 g/mol. The summed E-state index contributed by atoms with van der Waals surface area (Å²) in [4.78, 5) is 1.28. The Labute approximate surface area is 310 Å². The molecule has 4 heterocycles. The molecule has 53 heavy (non-hydrogen) atoms. The fraction of sp³-hybridized carbons (Fsp3) is 0. The number of para-hydroxylation sites is 4. The number of benzene rings is 8. The molecule has 5 heteroatoms. The minimum atomic E-state index is 0.118. The molecule has 12 rings (SSSR count). The Bertz CT molecular complexity index is 3100. The highest BCUT2D eigenvalue weighted by molar-refractivity contribution is 8.28. The van der Waals surface area contributed by atoms with Crippen LogP contribution in [-0.4, -0.2) is 10.6 Å². The van der Waals surface area contributed by atoms with E-state index in [2.05, 4.69) is 162 Å². The zero-order chi connectivity index (χ0) is 34.6. The minimum absolute atomic E-state index is 0.118. The van der Waals surface area contributed by atoms with Crippen molar-refractivity contribution in [2.75, 3.05) is 0 Å². The van der Waals surface area contributed by atoms with Crippen molar-refractivity contribution in [1.29, 1.82) is 0 Å². The van der Waals surface area contributed by atoms with Crippen LogP contribution < -0.4 is 15.7 Å². The minimum Gasteiger partial charge on any atom is -0.458 e. The lowest BCUT2D eigenvalue weighted by Gasteiger charge is -2.33. The molecular formula is C48H28BNO2S. The Kier molecular flexibility index (Phi) is 6.08. The van der Waals surface area contributed by atoms with Gasteiger partial charge in [0.25, 0.3) is 5.99 Å². The normalized spacial score (nSPS) is 12.9. The lowest BCUT2D eigenvalue weighted by Crippen LogP contribution is -2.46. The van der Waals surface area contributed by atoms with Gasteiger partial charge in [-0.25, -0.2) is 0 Å². The predicted molar refractivity (Wildman–Crippen MR) is 222 cm³/mol. The van der Waals surface area contributed by atoms with E-state index in [9.17, 15) is 0 Å². The van der Waals surface area contributed by atoms with E-state index in [1.54, 1.807) is 0 Å². The molecule has 0 unspecified atom stereocenters. The van der Waals surface area contributed by atoms with E-state index in [1.807, 2.05) is 23.7 Å². The summed E-state index contributed by atoms with van der Waals surface area (Å²) >= 11 is 1.92. The van der Waals surface area contributed by atoms with Crippen molar-refractivity contribution in [3.8, 4) is 50.6 Å². The number of ether oxygens (including phenoxy) is 1. The molecule has 0 fully saturated rings. The third-order valence-corrected chi connectivity index (χ3v) is 12.4. The first-order valence-electron chi connectivity index (χ1n) is 18.0. The van der Waals surface area contributed by atoms with Crippen molar-refractivity contribution >= 4 is 72.3 Å². The van der Waals surface area contributed by atoms with Crippen LogP contribution in [0.25, 0.3) is 82.8 Å². The van der Waals surface area contributed by atoms with E-state index in [1.165, 1.54) is 48.8 Å². The molecule has 0 saturated heterocycles. The topological polar surface area (TPSA) is 27.3 Å². The maximum Gasteiger partial charge on any atom is 0.289 e. The van der Waals surface area contributed by atoms with Gasteiger partial charge in [0.15, 0.2) is 0 Å². The van der Waals surface area contributed by atoms with Gasteiger partial charge in [-0.05, 0) is 93.3 Å². The first-order valence-corrected chi connectivity index (χ1v) is 18.9. The molecule has 0 atom stereocenters. The highest BCUT2D eigenvalue weighted by Gasteiger charge is 2.39. The average Bonchev–Trinajstić information content (AvgIpc) is 3.77. The Morgan fingerprint density at radius 3 is 2.02 bits per heavy atom. The van der Waals surface area contributed by atoms with E-state index in [4.69, 9.17) is 9.15 Å². The van der Waals surface area contributed by atoms with Crippen molar-refractivity contribution in [3.05, 3.63) is 170 Å². The molecule has 0 aliphatic carbocycles. The van der Waals surface area contributed by atoms with Gasteiger partial charge in [0, 0.05) is 37.7 Å². The van der Waals surface area contributed by atoms with Crippen molar-refractivity contribution in [2.45, 2.75) is 4.90 Å². The predicted octanol–water partition coefficient (Wildman–Crippen LogP) is 12.0. The Hall–Kier alpha value is -6.43. The second-order valence-electron chi connectivity index (χ2n) is 14.0. The lowest BCUT2D eigenvalue weighted by molar-refractivity contribution is 0.488. The van der Waals surface area contributed by atoms with Crippen molar-refractivity contribution in [1.82, 2.24) is 4.57 Å². The maximum atomic E-state index is 7.00. The van der Waals surface area contributed by atoms with Crippen LogP contribution >= 0.6 is 11.6 Å². The van der Waals surface area contributed by atoms with Gasteiger partial charge in [0.2, 0.25) is 0 Å². The zero-order valence-corrected chi connectivity index (χ0v) is 29.2. The van der Waals surface area contributed by atoms with Crippen LogP contribution in [0.4, 0.5) is 0 Å². The maximum absolute atomic E-state index is 7.00. The van der Waals surface area contributed by atoms with Crippen LogP contribution in [0.15, 0.2) is 179 Å². The summed E-state index contributed by atoms with van der Waals surface area (Å²) < 4.78 is 15.9. The Morgan fingerprint density at radius 2 is 1.15 bits per heavy atom. The highest BCUT2D eigenvalue weighted by Crippen LogP contribution is 2.46. The molecule has 0 saturated carbocycles. The standard InChI is InChI=1S/C48H28BNO2S/c1-5-19-41-34(13-1)35-14-2-6-20-42(35)50(41)32-12-9-11-29(25-32)30-23-24-40-44(27-30)51-45-28-31(26-39-37-16-4-8-22-46(37)53-49(40)47(39)45)33-17-10-18-38-36-15-3-7-21-43(36)52-48(33)38/h1-28H. The number of rotatable bonds is 3. The van der Waals surface area contributed by atoms with Gasteiger partial charge >= 0.3 is 0 Å². The first kappa shape index (κ1) is 29.2. The molecule has 2 aliphatic rings. The van der Waals surface area contributed by atoms with Gasteiger partial charge in [-0.1, -0.05) is 115 Å². The van der Waals surface area contributed by atoms with Gasteiger partial charge in [0.1, 0.15) is 22.7 Å². The first-order chi connectivity index (χ1) is 26.3. The average molecular weight is 694 g/mol. The molecule has 3 nitrogen and oxygen atoms in total. The fourth-order valence-electron chi connectivity index (χ4n) is 8.69. The second kappa shape index (κ2) is 11.0. The summed E-state index contributed by atoms with van der Waals surface area (Å²) in [6.45, 7) is 0. The highest BCUT2D eigenvalue weighted by atomic mass is 32.2. The Balaban J connectivity index is 1.01. The molecule has 0 bridgehead atoms. The van der Waals surface area contributed by atoms with Gasteiger partial charge in [-0.15, -0.1) is 0 Å². The van der Waals surface area contributed by atoms with E-state index in [-0.39, 0.29) is 5.99 Å². The van der Waals surface area contributed by atoms with Crippen LogP contribution in [0.3, 0.4) is 0 Å². The molecule has 246 valence electrons. The van der Waals surface area contributed by atoms with Crippen molar-refractivity contribution in [2.24, 2.45) is 0 Å². The summed E-state index contributed by atoms with van der Waals surface area (Å²) in [5, 5.41) is 4.77. The smallest absolute Gasteiger partial charge is 0.289 e. The van der Waals surface area contributed by atoms with Crippen LogP contribution in [0.1, 0.15) is 0 Å². The molecule has 0 radical (unpaired) electrons. The third-order valence-electron chi connectivity index (χ3n) is 11.1. The summed E-state index contributed by atoms with van der Waals surface area (Å²) in [7, 11) is 0. The Morgan fingerprint density at radius 1 is 0.472 bits per heavy atom. The number of nitrogens with zero attached hydrogens (tertiary/aromatic N) is 1. The molecule has 8 aromatic carbocycles. The van der Waals surface area contributed by atoms with Crippen LogP contribution in [-0.2, 0) is 0 Å². The van der Waals surface area contributed by atoms with Crippen molar-refractivity contribution in [3.63, 3.8) is 0 Å². The van der Waals surface area contributed by atoms with Gasteiger partial charge in [-0.3, -0.25) is 0 Å². The second-order valence-corrected chi connectivity index (χ2v) is 15.1. The summed E-state index contributed by atoms with van der Waals surface area (Å²) in [6, 6.07) is 61.0. The van der Waals surface area contributed by atoms with Crippen LogP contribution in [0.5, 0.6) is 11.5 Å². The largest absolute Gasteiger partial charge is 0.458 e. The van der Waals surface area contributed by atoms with E-state index in [0.717, 1.165) is 61.4 Å². The molecule has 10 aromatic rings. The number of hydrogen-bond donors (Lipinski definition) is 0. The lowest BCUT2D eigenvalue weighted by atomic mass is 9.57. The molecule has 2 aliphatic heterocycles. The van der Waals surface area contributed by atoms with Crippen LogP contribution in [0.2, 0.25) is 0 Å². The molecule has 0 spiro atoms. The molecular weight excluding hydrogens is 665 g/mol. The number of aromatic nitrogens is 1. The number of hydrogen-bond acceptors (Lipinski definition) is 3. The van der Waals surface area contributed by atoms with Gasteiger partial charge in [0.05, 0.1) is 11.0 Å². The molecule has 0 amide bonds. The SMILES string of the molecule is c1cc(-c2ccc3c(c2)Oc2cc(-c4cccc5c4oc4ccccc45)cc4c2B3Sc2ccccc2-4)cc(-n2c3ccccc3c3ccccc32)c1. The van der Waals surface area contributed by atoms with Crippen molar-refractivity contribution < 1.29 is 9.15 Å². The van der Waals surface area contributed by atoms with Gasteiger partial charge in [-0.2, -0.15) is 11.6 Å². The van der Waals surface area contributed by atoms with E-state index in [0.29, 0.717) is 0 Å². The summed E-state index contributed by atoms with van der Waals surface area (Å²) in [5.41, 5.74) is 14.7. The fourth-order valence-corrected chi connectivity index (χ4v) is 10.1. The van der Waals surface area contributed by atoms with E-state index >= 15 is 0 Å². The number of fused-ring (bicyclic) bond motifs is 10. The zero-order valence-electron chi connectivity index (χ0n) is 28.4. The quantitative estimate of drug-likeness (QED) is 0.172. The summed E-state index contributed by atoms with van der Waals surface area (Å²) in [5.74, 6) is 1.92.